The van der Waals surface area contributed by atoms with E-state index in [0.29, 0.717) is 26.7 Å². The van der Waals surface area contributed by atoms with Crippen LogP contribution < -0.4 is 11.1 Å². The van der Waals surface area contributed by atoms with Gasteiger partial charge < -0.3 is 11.1 Å². The highest BCUT2D eigenvalue weighted by atomic mass is 35.5. The normalized spacial score (nSPS) is 14.1. The molecule has 0 saturated heterocycles. The molecule has 1 aliphatic rings. The Morgan fingerprint density at radius 3 is 2.73 bits per heavy atom. The van der Waals surface area contributed by atoms with Gasteiger partial charge >= 0.3 is 0 Å². The molecule has 6 heteroatoms. The van der Waals surface area contributed by atoms with Crippen molar-refractivity contribution in [3.63, 3.8) is 0 Å². The molecule has 1 heterocycles. The first-order chi connectivity index (χ1) is 10.5. The largest absolute Gasteiger partial charge is 0.399 e. The second-order valence-electron chi connectivity index (χ2n) is 5.54. The summed E-state index contributed by atoms with van der Waals surface area (Å²) in [6.45, 7) is 2.47. The fourth-order valence-corrected chi connectivity index (χ4v) is 3.81. The maximum Gasteiger partial charge on any atom is 0.261 e. The zero-order valence-electron chi connectivity index (χ0n) is 12.1. The van der Waals surface area contributed by atoms with Gasteiger partial charge in [0.05, 0.1) is 9.90 Å². The molecule has 3 N–H and O–H groups in total. The Hall–Kier alpha value is -1.23. The highest BCUT2D eigenvalue weighted by Gasteiger charge is 2.27. The maximum absolute atomic E-state index is 12.2. The van der Waals surface area contributed by atoms with Crippen molar-refractivity contribution >= 4 is 46.1 Å². The zero-order valence-corrected chi connectivity index (χ0v) is 14.4. The van der Waals surface area contributed by atoms with Crippen molar-refractivity contribution in [1.82, 2.24) is 5.32 Å². The summed E-state index contributed by atoms with van der Waals surface area (Å²) in [7, 11) is 0. The SMILES string of the molecule is Cc1c(N)ccc(C2CC2)c1CNC(=O)c1cc(Cl)c(Cl)s1. The Kier molecular flexibility index (Phi) is 4.35. The number of carbonyl (C=O) groups excluding carboxylic acids is 1. The van der Waals surface area contributed by atoms with E-state index >= 15 is 0 Å². The molecular weight excluding hydrogens is 339 g/mol. The third-order valence-corrected chi connectivity index (χ3v) is 5.85. The molecule has 1 aliphatic carbocycles. The van der Waals surface area contributed by atoms with Crippen molar-refractivity contribution in [2.24, 2.45) is 0 Å². The molecule has 1 saturated carbocycles. The molecule has 0 unspecified atom stereocenters. The summed E-state index contributed by atoms with van der Waals surface area (Å²) in [5.41, 5.74) is 10.2. The smallest absolute Gasteiger partial charge is 0.261 e. The average Bonchev–Trinajstić information content (AvgIpc) is 3.26. The number of hydrogen-bond acceptors (Lipinski definition) is 3. The molecule has 0 aliphatic heterocycles. The average molecular weight is 355 g/mol. The van der Waals surface area contributed by atoms with Crippen LogP contribution in [0.4, 0.5) is 5.69 Å². The lowest BCUT2D eigenvalue weighted by molar-refractivity contribution is 0.0955. The lowest BCUT2D eigenvalue weighted by Crippen LogP contribution is -2.23. The predicted octanol–water partition coefficient (Wildman–Crippen LogP) is 4.75. The van der Waals surface area contributed by atoms with Crippen molar-refractivity contribution in [3.05, 3.63) is 49.1 Å². The summed E-state index contributed by atoms with van der Waals surface area (Å²) < 4.78 is 0.436. The Bertz CT molecular complexity index is 718. The molecule has 3 nitrogen and oxygen atoms in total. The van der Waals surface area contributed by atoms with Crippen molar-refractivity contribution < 1.29 is 4.79 Å². The second kappa shape index (κ2) is 6.11. The Morgan fingerprint density at radius 1 is 1.41 bits per heavy atom. The maximum atomic E-state index is 12.2. The number of hydrogen-bond donors (Lipinski definition) is 2. The van der Waals surface area contributed by atoms with Gasteiger partial charge in [0.1, 0.15) is 4.34 Å². The lowest BCUT2D eigenvalue weighted by atomic mass is 9.97. The number of rotatable bonds is 4. The van der Waals surface area contributed by atoms with E-state index in [0.717, 1.165) is 16.8 Å². The van der Waals surface area contributed by atoms with Crippen LogP contribution in [0.2, 0.25) is 9.36 Å². The Morgan fingerprint density at radius 2 is 2.14 bits per heavy atom. The minimum absolute atomic E-state index is 0.164. The van der Waals surface area contributed by atoms with Crippen molar-refractivity contribution in [1.29, 1.82) is 0 Å². The third kappa shape index (κ3) is 3.09. The van der Waals surface area contributed by atoms with Gasteiger partial charge in [0, 0.05) is 12.2 Å². The van der Waals surface area contributed by atoms with Gasteiger partial charge in [-0.3, -0.25) is 4.79 Å². The number of nitrogens with one attached hydrogen (secondary N) is 1. The van der Waals surface area contributed by atoms with E-state index in [9.17, 15) is 4.79 Å². The molecule has 1 amide bonds. The number of thiophene rings is 1. The summed E-state index contributed by atoms with van der Waals surface area (Å²) in [5, 5.41) is 3.36. The van der Waals surface area contributed by atoms with Gasteiger partial charge in [-0.05, 0) is 54.5 Å². The molecule has 0 spiro atoms. The summed E-state index contributed by atoms with van der Waals surface area (Å²) in [6, 6.07) is 5.63. The fourth-order valence-electron chi connectivity index (χ4n) is 2.52. The molecule has 1 aromatic carbocycles. The van der Waals surface area contributed by atoms with Crippen LogP contribution in [0.25, 0.3) is 0 Å². The van der Waals surface area contributed by atoms with E-state index in [1.165, 1.54) is 29.7 Å². The summed E-state index contributed by atoms with van der Waals surface area (Å²) in [6.07, 6.45) is 2.42. The van der Waals surface area contributed by atoms with Crippen LogP contribution in [0.1, 0.15) is 45.1 Å². The van der Waals surface area contributed by atoms with Crippen LogP contribution >= 0.6 is 34.5 Å². The molecular formula is C16H16Cl2N2OS. The van der Waals surface area contributed by atoms with Gasteiger partial charge in [-0.15, -0.1) is 11.3 Å². The molecule has 22 heavy (non-hydrogen) atoms. The van der Waals surface area contributed by atoms with Gasteiger partial charge in [0.25, 0.3) is 5.91 Å². The lowest BCUT2D eigenvalue weighted by Gasteiger charge is -2.15. The highest BCUT2D eigenvalue weighted by Crippen LogP contribution is 2.43. The number of benzene rings is 1. The van der Waals surface area contributed by atoms with E-state index in [2.05, 4.69) is 11.4 Å². The molecule has 2 aromatic rings. The fraction of sp³-hybridized carbons (Fsp3) is 0.312. The Balaban J connectivity index is 1.78. The standard InChI is InChI=1S/C16H16Cl2N2OS/c1-8-11(10(9-2-3-9)4-5-13(8)19)7-20-16(21)14-6-12(17)15(18)22-14/h4-6,9H,2-3,7,19H2,1H3,(H,20,21). The molecule has 1 aromatic heterocycles. The predicted molar refractivity (Wildman–Crippen MR) is 93.1 cm³/mol. The van der Waals surface area contributed by atoms with Crippen LogP contribution in [-0.2, 0) is 6.54 Å². The number of halogens is 2. The van der Waals surface area contributed by atoms with E-state index < -0.39 is 0 Å². The van der Waals surface area contributed by atoms with Crippen LogP contribution in [0, 0.1) is 6.92 Å². The van der Waals surface area contributed by atoms with Gasteiger partial charge in [-0.2, -0.15) is 0 Å². The van der Waals surface area contributed by atoms with Crippen LogP contribution in [-0.4, -0.2) is 5.91 Å². The highest BCUT2D eigenvalue weighted by molar-refractivity contribution is 7.18. The topological polar surface area (TPSA) is 55.1 Å². The molecule has 1 fully saturated rings. The third-order valence-electron chi connectivity index (χ3n) is 3.99. The van der Waals surface area contributed by atoms with Crippen molar-refractivity contribution in [3.8, 4) is 0 Å². The summed E-state index contributed by atoms with van der Waals surface area (Å²) in [5.74, 6) is 0.444. The quantitative estimate of drug-likeness (QED) is 0.778. The summed E-state index contributed by atoms with van der Waals surface area (Å²) in [4.78, 5) is 12.7. The molecule has 0 radical (unpaired) electrons. The van der Waals surface area contributed by atoms with E-state index in [1.54, 1.807) is 6.07 Å². The van der Waals surface area contributed by atoms with Gasteiger partial charge in [-0.1, -0.05) is 29.3 Å². The number of nitrogens with two attached hydrogens (primary N) is 1. The van der Waals surface area contributed by atoms with Crippen LogP contribution in [0.15, 0.2) is 18.2 Å². The first-order valence-corrected chi connectivity index (χ1v) is 8.65. The van der Waals surface area contributed by atoms with E-state index in [4.69, 9.17) is 28.9 Å². The first-order valence-electron chi connectivity index (χ1n) is 7.08. The van der Waals surface area contributed by atoms with Gasteiger partial charge in [0.2, 0.25) is 0 Å². The van der Waals surface area contributed by atoms with Crippen molar-refractivity contribution in [2.75, 3.05) is 5.73 Å². The van der Waals surface area contributed by atoms with Gasteiger partial charge in [-0.25, -0.2) is 0 Å². The number of anilines is 1. The molecule has 0 bridgehead atoms. The molecule has 0 atom stereocenters. The molecule has 116 valence electrons. The number of amides is 1. The van der Waals surface area contributed by atoms with E-state index in [-0.39, 0.29) is 5.91 Å². The van der Waals surface area contributed by atoms with Crippen molar-refractivity contribution in [2.45, 2.75) is 32.2 Å². The minimum atomic E-state index is -0.164. The van der Waals surface area contributed by atoms with Gasteiger partial charge in [0.15, 0.2) is 0 Å². The van der Waals surface area contributed by atoms with Crippen LogP contribution in [0.5, 0.6) is 0 Å². The summed E-state index contributed by atoms with van der Waals surface area (Å²) >= 11 is 13.0. The second-order valence-corrected chi connectivity index (χ2v) is 7.60. The first kappa shape index (κ1) is 15.7. The Labute approximate surface area is 143 Å². The van der Waals surface area contributed by atoms with E-state index in [1.807, 2.05) is 13.0 Å². The molecule has 3 rings (SSSR count). The number of nitrogen functional groups attached to an aromatic ring is 1. The van der Waals surface area contributed by atoms with Crippen LogP contribution in [0.3, 0.4) is 0 Å². The number of carbonyl (C=O) groups is 1. The zero-order chi connectivity index (χ0) is 15.9. The monoisotopic (exact) mass is 354 g/mol. The minimum Gasteiger partial charge on any atom is -0.399 e.